The first-order valence-electron chi connectivity index (χ1n) is 14.9. The number of hydrogen-bond donors (Lipinski definition) is 0. The van der Waals surface area contributed by atoms with Gasteiger partial charge in [-0.1, -0.05) is 0 Å². The van der Waals surface area contributed by atoms with E-state index in [1.165, 1.54) is 91.4 Å². The molecule has 4 heterocycles. The molecule has 3 aromatic rings. The summed E-state index contributed by atoms with van der Waals surface area (Å²) in [7, 11) is 0. The molecule has 3 aromatic carbocycles. The summed E-state index contributed by atoms with van der Waals surface area (Å²) in [5, 5.41) is 0. The minimum absolute atomic E-state index is 1.03. The van der Waals surface area contributed by atoms with E-state index in [1.54, 1.807) is 8.79 Å². The van der Waals surface area contributed by atoms with Gasteiger partial charge in [0.15, 0.2) is 0 Å². The molecule has 198 valence electrons. The standard InChI is InChI=1S/C34H40GeN4/c1-4-5-17-38-22-23-39(26-11-7-6-8-12-26)34(38)33-29-15-13-27(36-18-9-19-36)24-31(29)35(2,3)32-25-28(14-16-30(32)33)37-20-10-21-37/h6-8,11-16,22-25H,4-5,9-10,17-21H2,1-3H3/q+2. The Kier molecular flexibility index (Phi) is 6.26. The van der Waals surface area contributed by atoms with Crippen molar-refractivity contribution in [3.8, 4) is 0 Å². The fraction of sp³-hybridized carbons (Fsp3) is 0.353. The Morgan fingerprint density at radius 2 is 1.33 bits per heavy atom. The topological polar surface area (TPSA) is 12.5 Å². The van der Waals surface area contributed by atoms with E-state index in [1.807, 2.05) is 0 Å². The first kappa shape index (κ1) is 24.9. The number of nitrogens with zero attached hydrogens (tertiary/aromatic N) is 4. The van der Waals surface area contributed by atoms with E-state index in [-0.39, 0.29) is 0 Å². The van der Waals surface area contributed by atoms with Crippen LogP contribution in [0.15, 0.2) is 72.6 Å². The zero-order valence-corrected chi connectivity index (χ0v) is 25.8. The van der Waals surface area contributed by atoms with E-state index in [0.29, 0.717) is 0 Å². The van der Waals surface area contributed by atoms with Gasteiger partial charge in [0, 0.05) is 0 Å². The summed E-state index contributed by atoms with van der Waals surface area (Å²) in [6.45, 7) is 8.07. The van der Waals surface area contributed by atoms with E-state index < -0.39 is 13.3 Å². The molecular weight excluding hydrogens is 537 g/mol. The molecule has 0 aromatic heterocycles. The van der Waals surface area contributed by atoms with E-state index in [4.69, 9.17) is 0 Å². The van der Waals surface area contributed by atoms with Gasteiger partial charge in [0.2, 0.25) is 0 Å². The summed E-state index contributed by atoms with van der Waals surface area (Å²) >= 11 is -2.60. The second-order valence-electron chi connectivity index (χ2n) is 12.0. The zero-order chi connectivity index (χ0) is 26.6. The Morgan fingerprint density at radius 1 is 0.744 bits per heavy atom. The van der Waals surface area contributed by atoms with Gasteiger partial charge in [0.1, 0.15) is 0 Å². The number of rotatable bonds is 6. The van der Waals surface area contributed by atoms with Crippen LogP contribution in [-0.2, 0) is 0 Å². The van der Waals surface area contributed by atoms with Crippen LogP contribution in [0.3, 0.4) is 0 Å². The molecule has 0 spiro atoms. The molecule has 4 aliphatic rings. The van der Waals surface area contributed by atoms with Gasteiger partial charge in [0.25, 0.3) is 0 Å². The van der Waals surface area contributed by atoms with Crippen molar-refractivity contribution in [1.82, 2.24) is 0 Å². The van der Waals surface area contributed by atoms with Gasteiger partial charge in [0.05, 0.1) is 0 Å². The van der Waals surface area contributed by atoms with E-state index in [0.717, 1.165) is 6.54 Å². The van der Waals surface area contributed by atoms with E-state index in [2.05, 4.69) is 117 Å². The monoisotopic (exact) mass is 578 g/mol. The van der Waals surface area contributed by atoms with Crippen molar-refractivity contribution >= 4 is 57.1 Å². The van der Waals surface area contributed by atoms with E-state index in [9.17, 15) is 0 Å². The van der Waals surface area contributed by atoms with Crippen LogP contribution in [0.1, 0.15) is 43.7 Å². The van der Waals surface area contributed by atoms with Crippen LogP contribution in [0.2, 0.25) is 11.5 Å². The number of anilines is 2. The number of para-hydroxylation sites is 1. The van der Waals surface area contributed by atoms with Crippen molar-refractivity contribution in [2.24, 2.45) is 0 Å². The van der Waals surface area contributed by atoms with Crippen molar-refractivity contribution in [3.63, 3.8) is 0 Å². The molecule has 2 fully saturated rings. The fourth-order valence-electron chi connectivity index (χ4n) is 6.60. The molecule has 0 amide bonds. The summed E-state index contributed by atoms with van der Waals surface area (Å²) in [6, 6.07) is 25.8. The van der Waals surface area contributed by atoms with Crippen LogP contribution >= 0.6 is 0 Å². The SMILES string of the molecule is CCCC[N+]1=CC=[N+](c2ccccc2)C1=C1c2ccc(N3CCC3)c[c]2[Ge]([CH3])([CH3])[c]2cc(N3CCC3)ccc21. The molecule has 7 rings (SSSR count). The van der Waals surface area contributed by atoms with Crippen LogP contribution in [0.4, 0.5) is 17.1 Å². The Morgan fingerprint density at radius 3 is 1.85 bits per heavy atom. The molecule has 0 radical (unpaired) electrons. The van der Waals surface area contributed by atoms with Crippen LogP contribution in [0, 0.1) is 0 Å². The molecule has 5 heteroatoms. The zero-order valence-electron chi connectivity index (χ0n) is 23.7. The molecule has 0 unspecified atom stereocenters. The van der Waals surface area contributed by atoms with Gasteiger partial charge in [-0.3, -0.25) is 0 Å². The summed E-state index contributed by atoms with van der Waals surface area (Å²) < 4.78 is 8.20. The molecule has 4 nitrogen and oxygen atoms in total. The number of fused-ring (bicyclic) bond motifs is 2. The van der Waals surface area contributed by atoms with Crippen molar-refractivity contribution in [3.05, 3.63) is 83.7 Å². The van der Waals surface area contributed by atoms with Gasteiger partial charge in [-0.25, -0.2) is 0 Å². The quantitative estimate of drug-likeness (QED) is 0.293. The summed E-state index contributed by atoms with van der Waals surface area (Å²) in [5.74, 6) is 6.55. The third-order valence-corrected chi connectivity index (χ3v) is 16.6. The predicted octanol–water partition coefficient (Wildman–Crippen LogP) is 5.27. The molecular formula is C34H40GeN4+2. The first-order chi connectivity index (χ1) is 19.1. The Hall–Kier alpha value is -3.12. The molecule has 0 bridgehead atoms. The molecule has 0 N–H and O–H groups in total. The van der Waals surface area contributed by atoms with Gasteiger partial charge < -0.3 is 0 Å². The van der Waals surface area contributed by atoms with Gasteiger partial charge in [-0.05, 0) is 0 Å². The van der Waals surface area contributed by atoms with Crippen molar-refractivity contribution < 1.29 is 9.15 Å². The predicted molar refractivity (Wildman–Crippen MR) is 168 cm³/mol. The molecule has 0 atom stereocenters. The molecule has 0 saturated carbocycles. The van der Waals surface area contributed by atoms with Crippen LogP contribution in [0.5, 0.6) is 0 Å². The second kappa shape index (κ2) is 9.81. The molecule has 0 aliphatic carbocycles. The first-order valence-corrected chi connectivity index (χ1v) is 21.2. The summed E-state index contributed by atoms with van der Waals surface area (Å²) in [5.41, 5.74) is 8.36. The van der Waals surface area contributed by atoms with Crippen molar-refractivity contribution in [2.75, 3.05) is 42.5 Å². The Balaban J connectivity index is 1.50. The average Bonchev–Trinajstić information content (AvgIpc) is 3.30. The average molecular weight is 577 g/mol. The maximum atomic E-state index is 2.62. The van der Waals surface area contributed by atoms with Gasteiger partial charge >= 0.3 is 237 Å². The van der Waals surface area contributed by atoms with Crippen molar-refractivity contribution in [1.29, 1.82) is 0 Å². The number of hydrogen-bond acceptors (Lipinski definition) is 2. The number of benzene rings is 3. The number of unbranched alkanes of at least 4 members (excludes halogenated alkanes) is 1. The Bertz CT molecular complexity index is 1450. The van der Waals surface area contributed by atoms with Crippen LogP contribution in [-0.4, -0.2) is 67.6 Å². The third-order valence-electron chi connectivity index (χ3n) is 9.24. The maximum absolute atomic E-state index is 2.62. The molecule has 2 saturated heterocycles. The van der Waals surface area contributed by atoms with E-state index >= 15 is 0 Å². The third kappa shape index (κ3) is 4.10. The molecule has 39 heavy (non-hydrogen) atoms. The normalized spacial score (nSPS) is 19.2. The van der Waals surface area contributed by atoms with Crippen LogP contribution in [0.25, 0.3) is 5.57 Å². The van der Waals surface area contributed by atoms with Gasteiger partial charge in [-0.2, -0.15) is 0 Å². The van der Waals surface area contributed by atoms with Crippen molar-refractivity contribution in [2.45, 2.75) is 44.1 Å². The van der Waals surface area contributed by atoms with Crippen LogP contribution < -0.4 is 18.6 Å². The fourth-order valence-corrected chi connectivity index (χ4v) is 13.0. The molecule has 4 aliphatic heterocycles. The summed E-state index contributed by atoms with van der Waals surface area (Å²) in [6.07, 6.45) is 9.55. The Labute approximate surface area is 236 Å². The van der Waals surface area contributed by atoms with Gasteiger partial charge in [-0.15, -0.1) is 0 Å². The second-order valence-corrected chi connectivity index (χ2v) is 21.1. The minimum atomic E-state index is -2.60. The summed E-state index contributed by atoms with van der Waals surface area (Å²) in [4.78, 5) is 5.11.